The van der Waals surface area contributed by atoms with Gasteiger partial charge in [0.25, 0.3) is 0 Å². The third kappa shape index (κ3) is 3.78. The van der Waals surface area contributed by atoms with Crippen molar-refractivity contribution in [1.82, 2.24) is 0 Å². The van der Waals surface area contributed by atoms with Crippen molar-refractivity contribution in [3.8, 4) is 0 Å². The summed E-state index contributed by atoms with van der Waals surface area (Å²) in [6.07, 6.45) is 0.107. The van der Waals surface area contributed by atoms with E-state index in [1.165, 1.54) is 0 Å². The predicted octanol–water partition coefficient (Wildman–Crippen LogP) is 1.41. The Morgan fingerprint density at radius 3 is 2.57 bits per heavy atom. The maximum Gasteiger partial charge on any atom is 0.301 e. The van der Waals surface area contributed by atoms with Crippen LogP contribution in [-0.4, -0.2) is 21.2 Å². The van der Waals surface area contributed by atoms with Crippen molar-refractivity contribution in [2.24, 2.45) is 0 Å². The molecule has 76 valence electrons. The van der Waals surface area contributed by atoms with E-state index in [4.69, 9.17) is 4.55 Å². The van der Waals surface area contributed by atoms with Crippen molar-refractivity contribution in [2.45, 2.75) is 6.42 Å². The molecule has 14 heavy (non-hydrogen) atoms. The van der Waals surface area contributed by atoms with Gasteiger partial charge in [0.1, 0.15) is 0 Å². The fourth-order valence-corrected chi connectivity index (χ4v) is 1.20. The summed E-state index contributed by atoms with van der Waals surface area (Å²) < 4.78 is 22.7. The summed E-state index contributed by atoms with van der Waals surface area (Å²) in [5.74, 6) is -0.101. The van der Waals surface area contributed by atoms with Crippen LogP contribution in [0.3, 0.4) is 0 Å². The van der Waals surface area contributed by atoms with Crippen molar-refractivity contribution < 1.29 is 17.7 Å². The maximum atomic E-state index is 11.4. The number of carbonyl (C=O) groups excluding carboxylic acids is 1. The summed E-state index contributed by atoms with van der Waals surface area (Å²) in [7, 11) is 0. The van der Waals surface area contributed by atoms with Gasteiger partial charge in [0, 0.05) is 12.0 Å². The van der Waals surface area contributed by atoms with E-state index in [0.717, 1.165) is 0 Å². The Bertz CT molecular complexity index is 323. The highest BCUT2D eigenvalue weighted by Crippen LogP contribution is 2.02. The zero-order valence-electron chi connectivity index (χ0n) is 7.38. The topological polar surface area (TPSA) is 63.6 Å². The SMILES string of the molecule is O=C(CCOS(=O)O)c1ccccc1. The van der Waals surface area contributed by atoms with Crippen LogP contribution in [0.2, 0.25) is 0 Å². The fraction of sp³-hybridized carbons (Fsp3) is 0.222. The van der Waals surface area contributed by atoms with Crippen LogP contribution >= 0.6 is 0 Å². The number of rotatable bonds is 5. The highest BCUT2D eigenvalue weighted by molar-refractivity contribution is 7.74. The normalized spacial score (nSPS) is 12.4. The van der Waals surface area contributed by atoms with Gasteiger partial charge in [-0.2, -0.15) is 4.21 Å². The molecule has 1 rings (SSSR count). The zero-order chi connectivity index (χ0) is 10.4. The van der Waals surface area contributed by atoms with Crippen molar-refractivity contribution in [3.05, 3.63) is 35.9 Å². The van der Waals surface area contributed by atoms with Gasteiger partial charge in [-0.1, -0.05) is 30.3 Å². The molecule has 0 saturated carbocycles. The van der Waals surface area contributed by atoms with Crippen molar-refractivity contribution in [1.29, 1.82) is 0 Å². The first-order valence-electron chi connectivity index (χ1n) is 4.02. The molecule has 1 unspecified atom stereocenters. The van der Waals surface area contributed by atoms with E-state index in [9.17, 15) is 9.00 Å². The van der Waals surface area contributed by atoms with Gasteiger partial charge in [-0.3, -0.25) is 13.5 Å². The molecule has 1 aromatic rings. The highest BCUT2D eigenvalue weighted by Gasteiger charge is 2.05. The van der Waals surface area contributed by atoms with E-state index >= 15 is 0 Å². The van der Waals surface area contributed by atoms with Gasteiger partial charge in [-0.15, -0.1) is 0 Å². The Hall–Kier alpha value is -1.04. The van der Waals surface area contributed by atoms with Gasteiger partial charge in [0.05, 0.1) is 6.61 Å². The van der Waals surface area contributed by atoms with E-state index in [0.29, 0.717) is 5.56 Å². The lowest BCUT2D eigenvalue weighted by atomic mass is 10.1. The lowest BCUT2D eigenvalue weighted by Gasteiger charge is -1.99. The summed E-state index contributed by atoms with van der Waals surface area (Å²) in [6.45, 7) is -0.0448. The average Bonchev–Trinajstić information content (AvgIpc) is 2.18. The van der Waals surface area contributed by atoms with Crippen LogP contribution in [0.5, 0.6) is 0 Å². The Morgan fingerprint density at radius 1 is 1.36 bits per heavy atom. The monoisotopic (exact) mass is 214 g/mol. The fourth-order valence-electron chi connectivity index (χ4n) is 0.974. The van der Waals surface area contributed by atoms with Crippen molar-refractivity contribution in [3.63, 3.8) is 0 Å². The van der Waals surface area contributed by atoms with Crippen LogP contribution in [-0.2, 0) is 15.5 Å². The second-order valence-corrected chi connectivity index (χ2v) is 3.25. The highest BCUT2D eigenvalue weighted by atomic mass is 32.2. The Labute approximate surface area is 84.4 Å². The summed E-state index contributed by atoms with van der Waals surface area (Å²) in [5, 5.41) is 0. The summed E-state index contributed by atoms with van der Waals surface area (Å²) >= 11 is -2.29. The predicted molar refractivity (Wildman–Crippen MR) is 52.1 cm³/mol. The van der Waals surface area contributed by atoms with Crippen LogP contribution in [0.4, 0.5) is 0 Å². The molecule has 0 bridgehead atoms. The lowest BCUT2D eigenvalue weighted by molar-refractivity contribution is 0.0964. The molecule has 5 heteroatoms. The molecule has 0 aromatic heterocycles. The number of benzene rings is 1. The molecule has 0 aliphatic carbocycles. The van der Waals surface area contributed by atoms with Crippen molar-refractivity contribution >= 4 is 17.1 Å². The third-order valence-corrected chi connectivity index (χ3v) is 1.98. The largest absolute Gasteiger partial charge is 0.301 e. The number of Topliss-reactive ketones (excluding diaryl/α,β-unsaturated/α-hetero) is 1. The van der Waals surface area contributed by atoms with Crippen LogP contribution in [0.15, 0.2) is 30.3 Å². The number of carbonyl (C=O) groups is 1. The molecule has 0 saturated heterocycles. The summed E-state index contributed by atoms with van der Waals surface area (Å²) in [4.78, 5) is 11.4. The van der Waals surface area contributed by atoms with Gasteiger partial charge in [-0.05, 0) is 0 Å². The first kappa shape index (κ1) is 11.0. The van der Waals surface area contributed by atoms with Gasteiger partial charge < -0.3 is 0 Å². The molecule has 1 aromatic carbocycles. The molecule has 0 amide bonds. The number of ketones is 1. The van der Waals surface area contributed by atoms with Gasteiger partial charge >= 0.3 is 11.4 Å². The molecule has 0 fully saturated rings. The first-order valence-corrected chi connectivity index (χ1v) is 5.05. The molecule has 0 radical (unpaired) electrons. The molecule has 1 atom stereocenters. The third-order valence-electron chi connectivity index (χ3n) is 1.61. The Morgan fingerprint density at radius 2 is 2.00 bits per heavy atom. The van der Waals surface area contributed by atoms with E-state index in [1.54, 1.807) is 24.3 Å². The van der Waals surface area contributed by atoms with Crippen LogP contribution in [0.1, 0.15) is 16.8 Å². The number of hydrogen-bond acceptors (Lipinski definition) is 3. The Balaban J connectivity index is 2.40. The molecule has 0 aliphatic heterocycles. The second kappa shape index (κ2) is 5.64. The second-order valence-electron chi connectivity index (χ2n) is 2.58. The van der Waals surface area contributed by atoms with Crippen LogP contribution in [0.25, 0.3) is 0 Å². The quantitative estimate of drug-likeness (QED) is 0.594. The van der Waals surface area contributed by atoms with Gasteiger partial charge in [0.15, 0.2) is 5.78 Å². The average molecular weight is 214 g/mol. The minimum Gasteiger partial charge on any atom is -0.294 e. The number of hydrogen-bond donors (Lipinski definition) is 1. The molecular formula is C9H10O4S. The molecular weight excluding hydrogens is 204 g/mol. The van der Waals surface area contributed by atoms with E-state index < -0.39 is 11.4 Å². The van der Waals surface area contributed by atoms with Gasteiger partial charge in [0.2, 0.25) is 0 Å². The summed E-state index contributed by atoms with van der Waals surface area (Å²) in [5.41, 5.74) is 0.583. The maximum absolute atomic E-state index is 11.4. The molecule has 4 nitrogen and oxygen atoms in total. The molecule has 0 aliphatic rings. The van der Waals surface area contributed by atoms with Gasteiger partial charge in [-0.25, -0.2) is 0 Å². The standard InChI is InChI=1S/C9H10O4S/c10-9(6-7-13-14(11)12)8-4-2-1-3-5-8/h1-5H,6-7H2,(H,11,12). The van der Waals surface area contributed by atoms with Crippen LogP contribution < -0.4 is 0 Å². The zero-order valence-corrected chi connectivity index (χ0v) is 8.20. The molecule has 0 spiro atoms. The smallest absolute Gasteiger partial charge is 0.294 e. The Kier molecular flexibility index (Phi) is 4.45. The van der Waals surface area contributed by atoms with E-state index in [2.05, 4.69) is 4.18 Å². The minimum atomic E-state index is -2.29. The van der Waals surface area contributed by atoms with E-state index in [1.807, 2.05) is 6.07 Å². The van der Waals surface area contributed by atoms with Crippen molar-refractivity contribution in [2.75, 3.05) is 6.61 Å². The minimum absolute atomic E-state index is 0.0448. The van der Waals surface area contributed by atoms with Crippen LogP contribution in [0, 0.1) is 0 Å². The lowest BCUT2D eigenvalue weighted by Crippen LogP contribution is -2.05. The molecule has 0 heterocycles. The van der Waals surface area contributed by atoms with E-state index in [-0.39, 0.29) is 18.8 Å². The molecule has 1 N–H and O–H groups in total. The summed E-state index contributed by atoms with van der Waals surface area (Å²) in [6, 6.07) is 8.73. The first-order chi connectivity index (χ1) is 6.70.